The van der Waals surface area contributed by atoms with E-state index in [2.05, 4.69) is 31.9 Å². The van der Waals surface area contributed by atoms with Crippen LogP contribution in [0.4, 0.5) is 0 Å². The van der Waals surface area contributed by atoms with E-state index in [1.54, 1.807) is 24.3 Å². The van der Waals surface area contributed by atoms with E-state index in [9.17, 15) is 19.8 Å². The molecule has 0 amide bonds. The van der Waals surface area contributed by atoms with Crippen LogP contribution in [0.1, 0.15) is 20.7 Å². The number of carbonyl (C=O) groups excluding carboxylic acids is 2. The van der Waals surface area contributed by atoms with Crippen molar-refractivity contribution in [2.45, 2.75) is 0 Å². The van der Waals surface area contributed by atoms with Crippen molar-refractivity contribution in [1.82, 2.24) is 0 Å². The first-order chi connectivity index (χ1) is 9.40. The van der Waals surface area contributed by atoms with Crippen LogP contribution < -0.4 is 10.2 Å². The van der Waals surface area contributed by atoms with Gasteiger partial charge in [-0.1, -0.05) is 56.1 Å². The summed E-state index contributed by atoms with van der Waals surface area (Å²) >= 11 is 6.36. The molecule has 2 aromatic rings. The second kappa shape index (κ2) is 9.96. The number of aromatic carboxylic acids is 2. The summed E-state index contributed by atoms with van der Waals surface area (Å²) in [5.74, 6) is -2.29. The van der Waals surface area contributed by atoms with Crippen molar-refractivity contribution in [1.29, 1.82) is 0 Å². The molecule has 7 heteroatoms. The molecule has 21 heavy (non-hydrogen) atoms. The number of carbonyl (C=O) groups is 2. The standard InChI is InChI=1S/2C7H5BrO2.Sn.2H/c2*8-6-3-1-5(2-4-6)7(9)10;;;/h2*1-4H,(H,9,10);;;/q;;+2;;/p-2. The molecule has 0 N–H and O–H groups in total. The molecule has 0 bridgehead atoms. The maximum absolute atomic E-state index is 10.2. The Hall–Kier alpha value is -0.861. The minimum absolute atomic E-state index is 0. The Bertz CT molecular complexity index is 542. The van der Waals surface area contributed by atoms with E-state index >= 15 is 0 Å². The van der Waals surface area contributed by atoms with E-state index in [1.807, 2.05) is 0 Å². The third-order valence-electron chi connectivity index (χ3n) is 2.16. The Morgan fingerprint density at radius 1 is 0.667 bits per heavy atom. The summed E-state index contributed by atoms with van der Waals surface area (Å²) in [6.07, 6.45) is 0. The minimum atomic E-state index is -1.15. The molecule has 0 aliphatic rings. The molecule has 0 atom stereocenters. The molecule has 0 saturated heterocycles. The Kier molecular flexibility index (Phi) is 9.56. The topological polar surface area (TPSA) is 80.3 Å². The van der Waals surface area contributed by atoms with Gasteiger partial charge in [0.05, 0.1) is 11.9 Å². The molecule has 0 aliphatic carbocycles. The predicted octanol–water partition coefficient (Wildman–Crippen LogP) is 0.709. The second-order valence-corrected chi connectivity index (χ2v) is 5.42. The van der Waals surface area contributed by atoms with E-state index < -0.39 is 11.9 Å². The van der Waals surface area contributed by atoms with Crippen LogP contribution in [0, 0.1) is 0 Å². The Morgan fingerprint density at radius 2 is 0.905 bits per heavy atom. The summed E-state index contributed by atoms with van der Waals surface area (Å²) in [5, 5.41) is 20.4. The third-order valence-corrected chi connectivity index (χ3v) is 3.22. The molecule has 0 saturated carbocycles. The van der Waals surface area contributed by atoms with Crippen LogP contribution in [0.15, 0.2) is 57.5 Å². The fraction of sp³-hybridized carbons (Fsp3) is 0. The Morgan fingerprint density at radius 3 is 1.10 bits per heavy atom. The second-order valence-electron chi connectivity index (χ2n) is 3.59. The van der Waals surface area contributed by atoms with Crippen molar-refractivity contribution in [2.24, 2.45) is 0 Å². The van der Waals surface area contributed by atoms with Gasteiger partial charge >= 0.3 is 23.9 Å². The van der Waals surface area contributed by atoms with Gasteiger partial charge in [-0.15, -0.1) is 0 Å². The number of halogens is 2. The van der Waals surface area contributed by atoms with Crippen LogP contribution in [0.25, 0.3) is 0 Å². The van der Waals surface area contributed by atoms with E-state index in [-0.39, 0.29) is 35.0 Å². The first kappa shape index (κ1) is 20.1. The number of hydrogen-bond acceptors (Lipinski definition) is 4. The molecule has 0 unspecified atom stereocenters. The average molecular weight is 521 g/mol. The molecule has 108 valence electrons. The monoisotopic (exact) mass is 520 g/mol. The van der Waals surface area contributed by atoms with Gasteiger partial charge in [-0.25, -0.2) is 0 Å². The van der Waals surface area contributed by atoms with Crippen molar-refractivity contribution in [3.05, 3.63) is 68.6 Å². The molecule has 2 rings (SSSR count). The fourth-order valence-electron chi connectivity index (χ4n) is 1.17. The predicted molar refractivity (Wildman–Crippen MR) is 85.5 cm³/mol. The maximum atomic E-state index is 10.2. The van der Waals surface area contributed by atoms with Crippen molar-refractivity contribution >= 4 is 67.7 Å². The molecular weight excluding hydrogens is 511 g/mol. The summed E-state index contributed by atoms with van der Waals surface area (Å²) in [5.41, 5.74) is 0.395. The van der Waals surface area contributed by atoms with Crippen LogP contribution in [-0.4, -0.2) is 35.8 Å². The first-order valence-corrected chi connectivity index (χ1v) is 6.92. The molecule has 0 heterocycles. The van der Waals surface area contributed by atoms with Gasteiger partial charge in [-0.3, -0.25) is 0 Å². The van der Waals surface area contributed by atoms with E-state index in [0.717, 1.165) is 8.95 Å². The summed E-state index contributed by atoms with van der Waals surface area (Å²) < 4.78 is 1.72. The normalized spacial score (nSPS) is 8.86. The van der Waals surface area contributed by atoms with Crippen LogP contribution in [0.3, 0.4) is 0 Å². The zero-order valence-corrected chi connectivity index (χ0v) is 17.9. The molecule has 2 aromatic carbocycles. The van der Waals surface area contributed by atoms with E-state index in [0.29, 0.717) is 0 Å². The Labute approximate surface area is 155 Å². The van der Waals surface area contributed by atoms with Crippen LogP contribution in [0.5, 0.6) is 0 Å². The van der Waals surface area contributed by atoms with Gasteiger partial charge in [0.2, 0.25) is 0 Å². The molecule has 0 spiro atoms. The van der Waals surface area contributed by atoms with Gasteiger partial charge < -0.3 is 19.8 Å². The average Bonchev–Trinajstić information content (AvgIpc) is 2.40. The van der Waals surface area contributed by atoms with Gasteiger partial charge in [0.15, 0.2) is 0 Å². The number of hydrogen-bond donors (Lipinski definition) is 0. The molecule has 0 radical (unpaired) electrons. The first-order valence-electron chi connectivity index (χ1n) is 5.34. The SMILES string of the molecule is O=C([O-])c1ccc(Br)cc1.O=C([O-])c1ccc(Br)cc1.[SnH2+2]. The number of benzene rings is 2. The van der Waals surface area contributed by atoms with Gasteiger partial charge in [0.1, 0.15) is 0 Å². The molecule has 4 nitrogen and oxygen atoms in total. The molecule has 0 aromatic heterocycles. The number of carboxylic acids is 2. The van der Waals surface area contributed by atoms with Crippen molar-refractivity contribution in [3.63, 3.8) is 0 Å². The summed E-state index contributed by atoms with van der Waals surface area (Å²) in [4.78, 5) is 20.4. The van der Waals surface area contributed by atoms with Crippen LogP contribution in [-0.2, 0) is 0 Å². The van der Waals surface area contributed by atoms with Gasteiger partial charge in [-0.2, -0.15) is 0 Å². The van der Waals surface area contributed by atoms with E-state index in [4.69, 9.17) is 0 Å². The van der Waals surface area contributed by atoms with Crippen LogP contribution >= 0.6 is 31.9 Å². The van der Waals surface area contributed by atoms with Crippen LogP contribution in [0.2, 0.25) is 0 Å². The zero-order valence-electron chi connectivity index (χ0n) is 10.7. The van der Waals surface area contributed by atoms with E-state index in [1.165, 1.54) is 24.3 Å². The fourth-order valence-corrected chi connectivity index (χ4v) is 1.70. The molecular formula is C14H10Br2O4Sn. The van der Waals surface area contributed by atoms with Crippen molar-refractivity contribution in [3.8, 4) is 0 Å². The van der Waals surface area contributed by atoms with Crippen molar-refractivity contribution < 1.29 is 19.8 Å². The van der Waals surface area contributed by atoms with Gasteiger partial charge in [-0.05, 0) is 35.4 Å². The third kappa shape index (κ3) is 7.63. The summed E-state index contributed by atoms with van der Waals surface area (Å²) in [7, 11) is 0. The van der Waals surface area contributed by atoms with Crippen molar-refractivity contribution in [2.75, 3.05) is 0 Å². The molecule has 0 fully saturated rings. The van der Waals surface area contributed by atoms with Gasteiger partial charge in [0, 0.05) is 8.95 Å². The summed E-state index contributed by atoms with van der Waals surface area (Å²) in [6.45, 7) is 0. The number of rotatable bonds is 2. The van der Waals surface area contributed by atoms with Gasteiger partial charge in [0.25, 0.3) is 0 Å². The molecule has 0 aliphatic heterocycles. The summed E-state index contributed by atoms with van der Waals surface area (Å²) in [6, 6.07) is 12.6. The zero-order chi connectivity index (χ0) is 15.1. The quantitative estimate of drug-likeness (QED) is 0.547. The Balaban J connectivity index is 0.000000364. The number of carboxylic acid groups (broad SMARTS) is 2.